The van der Waals surface area contributed by atoms with E-state index in [1.807, 2.05) is 0 Å². The second-order valence-electron chi connectivity index (χ2n) is 9.23. The molecule has 2 fully saturated rings. The number of aliphatic hydroxyl groups is 1. The topological polar surface area (TPSA) is 125 Å². The molecular weight excluding hydrogens is 498 g/mol. The summed E-state index contributed by atoms with van der Waals surface area (Å²) in [6.07, 6.45) is 1.60. The minimum atomic E-state index is -3.69. The fraction of sp³-hybridized carbons (Fsp3) is 0.346. The van der Waals surface area contributed by atoms with Crippen molar-refractivity contribution in [2.75, 3.05) is 45.3 Å². The fourth-order valence-electron chi connectivity index (χ4n) is 5.46. The molecule has 11 heteroatoms. The number of aliphatic hydroxyl groups excluding tert-OH is 1. The molecule has 1 spiro atoms. The van der Waals surface area contributed by atoms with Gasteiger partial charge in [0.05, 0.1) is 17.1 Å². The maximum absolute atomic E-state index is 13.8. The van der Waals surface area contributed by atoms with Crippen LogP contribution in [0, 0.1) is 0 Å². The smallest absolute Gasteiger partial charge is 0.296 e. The van der Waals surface area contributed by atoms with Crippen molar-refractivity contribution < 1.29 is 32.6 Å². The Balaban J connectivity index is 1.68. The molecule has 0 aromatic heterocycles. The van der Waals surface area contributed by atoms with Crippen molar-refractivity contribution in [2.24, 2.45) is 0 Å². The number of ketones is 1. The van der Waals surface area contributed by atoms with Gasteiger partial charge in [-0.3, -0.25) is 14.4 Å². The number of likely N-dealkylation sites (N-methyl/N-ethyl adjacent to an activating group) is 1. The number of carbonyl (C=O) groups excluding carboxylic acids is 3. The molecule has 10 nitrogen and oxygen atoms in total. The Kier molecular flexibility index (Phi) is 6.17. The van der Waals surface area contributed by atoms with Gasteiger partial charge in [0.2, 0.25) is 10.0 Å². The molecule has 0 aliphatic carbocycles. The van der Waals surface area contributed by atoms with Crippen LogP contribution in [-0.2, 0) is 34.7 Å². The zero-order valence-corrected chi connectivity index (χ0v) is 21.3. The van der Waals surface area contributed by atoms with E-state index in [4.69, 9.17) is 4.74 Å². The number of hydrogen-bond donors (Lipinski definition) is 1. The van der Waals surface area contributed by atoms with Gasteiger partial charge in [-0.05, 0) is 43.2 Å². The van der Waals surface area contributed by atoms with Crippen LogP contribution in [0.1, 0.15) is 24.0 Å². The number of fused-ring (bicyclic) bond motifs is 2. The molecule has 5 rings (SSSR count). The molecule has 37 heavy (non-hydrogen) atoms. The Morgan fingerprint density at radius 1 is 1.03 bits per heavy atom. The monoisotopic (exact) mass is 525 g/mol. The number of rotatable bonds is 6. The number of nitrogens with zero attached hydrogens (tertiary/aromatic N) is 3. The van der Waals surface area contributed by atoms with Gasteiger partial charge in [0, 0.05) is 50.6 Å². The minimum Gasteiger partial charge on any atom is -0.507 e. The summed E-state index contributed by atoms with van der Waals surface area (Å²) in [5, 5.41) is 11.4. The number of methoxy groups -OCH3 is 1. The molecule has 0 saturated carbocycles. The van der Waals surface area contributed by atoms with Gasteiger partial charge in [0.25, 0.3) is 17.6 Å². The molecule has 1 unspecified atom stereocenters. The number of hydrogen-bond acceptors (Lipinski definition) is 7. The molecule has 0 bridgehead atoms. The molecule has 2 amide bonds. The highest BCUT2D eigenvalue weighted by atomic mass is 32.2. The Hall–Kier alpha value is -3.54. The largest absolute Gasteiger partial charge is 0.507 e. The van der Waals surface area contributed by atoms with Gasteiger partial charge in [-0.1, -0.05) is 18.2 Å². The van der Waals surface area contributed by atoms with Gasteiger partial charge in [-0.2, -0.15) is 4.31 Å². The van der Waals surface area contributed by atoms with Crippen LogP contribution >= 0.6 is 0 Å². The van der Waals surface area contributed by atoms with Crippen LogP contribution in [0.25, 0.3) is 5.76 Å². The Bertz CT molecular complexity index is 1430. The van der Waals surface area contributed by atoms with Gasteiger partial charge in [-0.15, -0.1) is 0 Å². The lowest BCUT2D eigenvalue weighted by molar-refractivity contribution is -0.144. The summed E-state index contributed by atoms with van der Waals surface area (Å²) >= 11 is 0. The number of likely N-dealkylation sites (tertiary alicyclic amines) is 1. The number of ether oxygens (including phenoxy) is 1. The average molecular weight is 526 g/mol. The van der Waals surface area contributed by atoms with Gasteiger partial charge in [0.1, 0.15) is 5.76 Å². The average Bonchev–Trinajstić information content (AvgIpc) is 3.58. The molecule has 194 valence electrons. The zero-order chi connectivity index (χ0) is 26.5. The van der Waals surface area contributed by atoms with Crippen LogP contribution in [0.5, 0.6) is 0 Å². The van der Waals surface area contributed by atoms with E-state index < -0.39 is 38.9 Å². The predicted molar refractivity (Wildman–Crippen MR) is 134 cm³/mol. The number of amides is 2. The molecular formula is C26H27N3O7S. The fourth-order valence-corrected chi connectivity index (χ4v) is 6.98. The van der Waals surface area contributed by atoms with Crippen molar-refractivity contribution in [1.82, 2.24) is 9.21 Å². The summed E-state index contributed by atoms with van der Waals surface area (Å²) in [6, 6.07) is 12.3. The summed E-state index contributed by atoms with van der Waals surface area (Å²) in [4.78, 5) is 43.0. The quantitative estimate of drug-likeness (QED) is 0.346. The Morgan fingerprint density at radius 3 is 2.32 bits per heavy atom. The maximum atomic E-state index is 13.8. The molecule has 2 saturated heterocycles. The first-order chi connectivity index (χ1) is 17.7. The number of para-hydroxylation sites is 1. The van der Waals surface area contributed by atoms with E-state index in [-0.39, 0.29) is 29.2 Å². The molecule has 3 aliphatic heterocycles. The molecule has 1 N–H and O–H groups in total. The highest BCUT2D eigenvalue weighted by Gasteiger charge is 2.66. The molecule has 3 aliphatic rings. The first-order valence-corrected chi connectivity index (χ1v) is 13.4. The van der Waals surface area contributed by atoms with Crippen LogP contribution in [0.15, 0.2) is 59.0 Å². The van der Waals surface area contributed by atoms with Gasteiger partial charge in [0.15, 0.2) is 5.54 Å². The SMILES string of the molecule is COCCN1C(=O)C(=O)/C(=C(\O)c2ccc(S(=O)(=O)N3CCCC3)cc2)C12C(=O)N(C)c1ccccc12. The van der Waals surface area contributed by atoms with E-state index in [0.717, 1.165) is 17.7 Å². The zero-order valence-electron chi connectivity index (χ0n) is 20.5. The van der Waals surface area contributed by atoms with E-state index in [1.165, 1.54) is 40.6 Å². The Labute approximate surface area is 214 Å². The van der Waals surface area contributed by atoms with Gasteiger partial charge in [-0.25, -0.2) is 8.42 Å². The molecule has 1 atom stereocenters. The third kappa shape index (κ3) is 3.52. The van der Waals surface area contributed by atoms with E-state index in [2.05, 4.69) is 0 Å². The van der Waals surface area contributed by atoms with Gasteiger partial charge >= 0.3 is 0 Å². The number of Topliss-reactive ketones (excluding diaryl/α,β-unsaturated/α-hetero) is 1. The second kappa shape index (κ2) is 9.09. The molecule has 0 radical (unpaired) electrons. The summed E-state index contributed by atoms with van der Waals surface area (Å²) < 4.78 is 32.4. The van der Waals surface area contributed by atoms with Crippen LogP contribution in [0.3, 0.4) is 0 Å². The van der Waals surface area contributed by atoms with Crippen LogP contribution in [0.2, 0.25) is 0 Å². The van der Waals surface area contributed by atoms with Crippen molar-refractivity contribution >= 4 is 39.1 Å². The first-order valence-electron chi connectivity index (χ1n) is 11.9. The number of benzene rings is 2. The number of carbonyl (C=O) groups is 3. The van der Waals surface area contributed by atoms with Crippen LogP contribution < -0.4 is 4.90 Å². The van der Waals surface area contributed by atoms with Gasteiger partial charge < -0.3 is 19.6 Å². The highest BCUT2D eigenvalue weighted by molar-refractivity contribution is 7.89. The lowest BCUT2D eigenvalue weighted by Gasteiger charge is -2.34. The van der Waals surface area contributed by atoms with Crippen molar-refractivity contribution in [1.29, 1.82) is 0 Å². The standard InChI is InChI=1S/C26H27N3O7S/c1-27-20-8-4-3-7-19(20)26(25(27)33)21(23(31)24(32)29(26)15-16-36-2)22(30)17-9-11-18(12-10-17)37(34,35)28-13-5-6-14-28/h3-4,7-12,30H,5-6,13-16H2,1-2H3/b22-21+. The highest BCUT2D eigenvalue weighted by Crippen LogP contribution is 2.53. The van der Waals surface area contributed by atoms with Crippen molar-refractivity contribution in [2.45, 2.75) is 23.3 Å². The first kappa shape index (κ1) is 25.1. The minimum absolute atomic E-state index is 0.0568. The maximum Gasteiger partial charge on any atom is 0.296 e. The lowest BCUT2D eigenvalue weighted by atomic mass is 9.82. The summed E-state index contributed by atoms with van der Waals surface area (Å²) in [6.45, 7) is 0.908. The number of sulfonamides is 1. The van der Waals surface area contributed by atoms with E-state index in [9.17, 15) is 27.9 Å². The third-order valence-corrected chi connectivity index (χ3v) is 9.20. The van der Waals surface area contributed by atoms with Crippen LogP contribution in [-0.4, -0.2) is 80.7 Å². The molecule has 2 aromatic carbocycles. The number of anilines is 1. The van der Waals surface area contributed by atoms with E-state index in [1.54, 1.807) is 31.3 Å². The van der Waals surface area contributed by atoms with Crippen molar-refractivity contribution in [3.63, 3.8) is 0 Å². The van der Waals surface area contributed by atoms with Crippen molar-refractivity contribution in [3.8, 4) is 0 Å². The molecule has 3 heterocycles. The third-order valence-electron chi connectivity index (χ3n) is 7.29. The van der Waals surface area contributed by atoms with Crippen molar-refractivity contribution in [3.05, 3.63) is 65.2 Å². The van der Waals surface area contributed by atoms with E-state index in [0.29, 0.717) is 24.3 Å². The summed E-state index contributed by atoms with van der Waals surface area (Å²) in [5.41, 5.74) is -1.21. The lowest BCUT2D eigenvalue weighted by Crippen LogP contribution is -2.52. The second-order valence-corrected chi connectivity index (χ2v) is 11.2. The normalized spacial score (nSPS) is 23.5. The summed E-state index contributed by atoms with van der Waals surface area (Å²) in [5.74, 6) is -3.04. The molecule has 2 aromatic rings. The van der Waals surface area contributed by atoms with Crippen LogP contribution in [0.4, 0.5) is 5.69 Å². The Morgan fingerprint density at radius 2 is 1.68 bits per heavy atom. The predicted octanol–water partition coefficient (Wildman–Crippen LogP) is 1.67. The van der Waals surface area contributed by atoms with E-state index >= 15 is 0 Å². The summed E-state index contributed by atoms with van der Waals surface area (Å²) in [7, 11) is -0.697.